The third-order valence-electron chi connectivity index (χ3n) is 3.78. The minimum absolute atomic E-state index is 0.0673. The van der Waals surface area contributed by atoms with E-state index in [0.717, 1.165) is 0 Å². The maximum atomic E-state index is 12.7. The Bertz CT molecular complexity index is 946. The van der Waals surface area contributed by atoms with Crippen LogP contribution in [0.3, 0.4) is 0 Å². The summed E-state index contributed by atoms with van der Waals surface area (Å²) in [6.45, 7) is 2.46. The first kappa shape index (κ1) is 19.0. The Morgan fingerprint density at radius 1 is 1.00 bits per heavy atom. The number of furan rings is 1. The van der Waals surface area contributed by atoms with Crippen molar-refractivity contribution in [1.82, 2.24) is 5.32 Å². The zero-order valence-electron chi connectivity index (χ0n) is 15.3. The van der Waals surface area contributed by atoms with Crippen LogP contribution in [0.4, 0.5) is 5.69 Å². The van der Waals surface area contributed by atoms with Crippen LogP contribution in [0.5, 0.6) is 5.75 Å². The second kappa shape index (κ2) is 9.23. The van der Waals surface area contributed by atoms with Gasteiger partial charge in [0.15, 0.2) is 0 Å². The fourth-order valence-corrected chi connectivity index (χ4v) is 2.46. The van der Waals surface area contributed by atoms with E-state index in [1.54, 1.807) is 60.7 Å². The molecule has 6 nitrogen and oxygen atoms in total. The van der Waals surface area contributed by atoms with Gasteiger partial charge in [-0.05, 0) is 55.5 Å². The van der Waals surface area contributed by atoms with Crippen molar-refractivity contribution in [3.05, 3.63) is 90.0 Å². The van der Waals surface area contributed by atoms with Crippen molar-refractivity contribution >= 4 is 23.6 Å². The van der Waals surface area contributed by atoms with Crippen molar-refractivity contribution in [3.63, 3.8) is 0 Å². The summed E-state index contributed by atoms with van der Waals surface area (Å²) in [6.07, 6.45) is 2.97. The first-order chi connectivity index (χ1) is 13.7. The normalized spacial score (nSPS) is 11.0. The summed E-state index contributed by atoms with van der Waals surface area (Å²) in [5.41, 5.74) is 1.09. The molecule has 3 rings (SSSR count). The lowest BCUT2D eigenvalue weighted by Crippen LogP contribution is -2.30. The molecule has 0 aliphatic rings. The number of carbonyl (C=O) groups is 2. The molecule has 2 amide bonds. The summed E-state index contributed by atoms with van der Waals surface area (Å²) >= 11 is 0. The molecule has 1 heterocycles. The highest BCUT2D eigenvalue weighted by Gasteiger charge is 2.15. The lowest BCUT2D eigenvalue weighted by Gasteiger charge is -2.11. The lowest BCUT2D eigenvalue weighted by atomic mass is 10.2. The van der Waals surface area contributed by atoms with Gasteiger partial charge < -0.3 is 19.8 Å². The van der Waals surface area contributed by atoms with Crippen molar-refractivity contribution < 1.29 is 18.7 Å². The second-order valence-corrected chi connectivity index (χ2v) is 5.81. The van der Waals surface area contributed by atoms with E-state index in [9.17, 15) is 9.59 Å². The molecule has 0 bridgehead atoms. The Kier molecular flexibility index (Phi) is 6.25. The number of nitrogens with one attached hydrogen (secondary N) is 2. The largest absolute Gasteiger partial charge is 0.494 e. The Balaban J connectivity index is 1.78. The summed E-state index contributed by atoms with van der Waals surface area (Å²) in [5, 5.41) is 5.41. The monoisotopic (exact) mass is 376 g/mol. The van der Waals surface area contributed by atoms with Crippen LogP contribution in [0.1, 0.15) is 23.0 Å². The van der Waals surface area contributed by atoms with Gasteiger partial charge >= 0.3 is 0 Å². The van der Waals surface area contributed by atoms with Crippen molar-refractivity contribution in [2.24, 2.45) is 0 Å². The minimum atomic E-state index is -0.468. The molecular weight excluding hydrogens is 356 g/mol. The zero-order valence-corrected chi connectivity index (χ0v) is 15.3. The summed E-state index contributed by atoms with van der Waals surface area (Å²) in [6, 6.07) is 19.0. The van der Waals surface area contributed by atoms with Gasteiger partial charge in [0, 0.05) is 17.3 Å². The van der Waals surface area contributed by atoms with E-state index in [0.29, 0.717) is 29.4 Å². The Morgan fingerprint density at radius 3 is 2.39 bits per heavy atom. The summed E-state index contributed by atoms with van der Waals surface area (Å²) in [4.78, 5) is 25.2. The number of rotatable bonds is 7. The fraction of sp³-hybridized carbons (Fsp3) is 0.0909. The van der Waals surface area contributed by atoms with E-state index in [-0.39, 0.29) is 11.6 Å². The molecule has 0 saturated carbocycles. The molecule has 0 radical (unpaired) electrons. The molecule has 142 valence electrons. The highest BCUT2D eigenvalue weighted by molar-refractivity contribution is 6.10. The number of benzene rings is 2. The SMILES string of the molecule is CCOc1ccc(NC(=O)/C(=C/c2ccco2)NC(=O)c2ccccc2)cc1. The molecule has 0 aliphatic carbocycles. The number of carbonyl (C=O) groups excluding carboxylic acids is 2. The van der Waals surface area contributed by atoms with E-state index in [1.807, 2.05) is 13.0 Å². The number of anilines is 1. The smallest absolute Gasteiger partial charge is 0.272 e. The maximum absolute atomic E-state index is 12.7. The molecule has 3 aromatic rings. The average Bonchev–Trinajstić information content (AvgIpc) is 3.23. The molecular formula is C22H20N2O4. The molecule has 28 heavy (non-hydrogen) atoms. The third kappa shape index (κ3) is 5.11. The third-order valence-corrected chi connectivity index (χ3v) is 3.78. The van der Waals surface area contributed by atoms with Crippen molar-refractivity contribution in [3.8, 4) is 5.75 Å². The fourth-order valence-electron chi connectivity index (χ4n) is 2.46. The van der Waals surface area contributed by atoms with E-state index >= 15 is 0 Å². The van der Waals surface area contributed by atoms with Crippen LogP contribution in [-0.4, -0.2) is 18.4 Å². The summed E-state index contributed by atoms with van der Waals surface area (Å²) in [5.74, 6) is 0.305. The zero-order chi connectivity index (χ0) is 19.8. The highest BCUT2D eigenvalue weighted by atomic mass is 16.5. The Morgan fingerprint density at radius 2 is 1.75 bits per heavy atom. The summed E-state index contributed by atoms with van der Waals surface area (Å²) < 4.78 is 10.7. The lowest BCUT2D eigenvalue weighted by molar-refractivity contribution is -0.113. The molecule has 2 N–H and O–H groups in total. The van der Waals surface area contributed by atoms with Gasteiger partial charge in [-0.2, -0.15) is 0 Å². The first-order valence-electron chi connectivity index (χ1n) is 8.81. The molecule has 0 unspecified atom stereocenters. The van der Waals surface area contributed by atoms with Crippen molar-refractivity contribution in [2.45, 2.75) is 6.92 Å². The van der Waals surface area contributed by atoms with E-state index in [4.69, 9.17) is 9.15 Å². The van der Waals surface area contributed by atoms with Crippen LogP contribution < -0.4 is 15.4 Å². The molecule has 2 aromatic carbocycles. The number of hydrogen-bond donors (Lipinski definition) is 2. The highest BCUT2D eigenvalue weighted by Crippen LogP contribution is 2.17. The molecule has 0 atom stereocenters. The molecule has 0 fully saturated rings. The molecule has 0 spiro atoms. The van der Waals surface area contributed by atoms with Gasteiger partial charge in [0.05, 0.1) is 12.9 Å². The quantitative estimate of drug-likeness (QED) is 0.609. The first-order valence-corrected chi connectivity index (χ1v) is 8.81. The van der Waals surface area contributed by atoms with Gasteiger partial charge in [-0.1, -0.05) is 18.2 Å². The molecule has 1 aromatic heterocycles. The van der Waals surface area contributed by atoms with Gasteiger partial charge in [0.25, 0.3) is 11.8 Å². The number of ether oxygens (including phenoxy) is 1. The van der Waals surface area contributed by atoms with Gasteiger partial charge in [-0.3, -0.25) is 9.59 Å². The van der Waals surface area contributed by atoms with Gasteiger partial charge in [0.2, 0.25) is 0 Å². The van der Waals surface area contributed by atoms with Crippen molar-refractivity contribution in [2.75, 3.05) is 11.9 Å². The Hall–Kier alpha value is -3.80. The molecule has 0 aliphatic heterocycles. The van der Waals surface area contributed by atoms with Gasteiger partial charge in [-0.15, -0.1) is 0 Å². The van der Waals surface area contributed by atoms with E-state index in [2.05, 4.69) is 10.6 Å². The Labute approximate surface area is 162 Å². The number of amides is 2. The minimum Gasteiger partial charge on any atom is -0.494 e. The predicted octanol–water partition coefficient (Wildman–Crippen LogP) is 4.09. The van der Waals surface area contributed by atoms with Crippen LogP contribution >= 0.6 is 0 Å². The van der Waals surface area contributed by atoms with Crippen LogP contribution in [0, 0.1) is 0 Å². The summed E-state index contributed by atoms with van der Waals surface area (Å²) in [7, 11) is 0. The number of hydrogen-bond acceptors (Lipinski definition) is 4. The topological polar surface area (TPSA) is 80.6 Å². The van der Waals surface area contributed by atoms with Crippen LogP contribution in [0.15, 0.2) is 83.1 Å². The van der Waals surface area contributed by atoms with Crippen molar-refractivity contribution in [1.29, 1.82) is 0 Å². The second-order valence-electron chi connectivity index (χ2n) is 5.81. The van der Waals surface area contributed by atoms with Gasteiger partial charge in [-0.25, -0.2) is 0 Å². The van der Waals surface area contributed by atoms with Gasteiger partial charge in [0.1, 0.15) is 17.2 Å². The predicted molar refractivity (Wildman–Crippen MR) is 107 cm³/mol. The van der Waals surface area contributed by atoms with E-state index < -0.39 is 5.91 Å². The van der Waals surface area contributed by atoms with Crippen LogP contribution in [0.25, 0.3) is 6.08 Å². The average molecular weight is 376 g/mol. The molecule has 0 saturated heterocycles. The molecule has 6 heteroatoms. The standard InChI is InChI=1S/C22H20N2O4/c1-2-27-18-12-10-17(11-13-18)23-22(26)20(15-19-9-6-14-28-19)24-21(25)16-7-4-3-5-8-16/h3-15H,2H2,1H3,(H,23,26)(H,24,25)/b20-15-. The van der Waals surface area contributed by atoms with Crippen LogP contribution in [-0.2, 0) is 4.79 Å². The maximum Gasteiger partial charge on any atom is 0.272 e. The van der Waals surface area contributed by atoms with E-state index in [1.165, 1.54) is 12.3 Å². The van der Waals surface area contributed by atoms with Crippen LogP contribution in [0.2, 0.25) is 0 Å².